The van der Waals surface area contributed by atoms with Crippen LogP contribution in [-0.4, -0.2) is 22.5 Å². The van der Waals surface area contributed by atoms with Crippen LogP contribution in [0.3, 0.4) is 0 Å². The van der Waals surface area contributed by atoms with Gasteiger partial charge in [-0.05, 0) is 77.3 Å². The Morgan fingerprint density at radius 3 is 2.51 bits per heavy atom. The molecule has 4 rings (SSSR count). The van der Waals surface area contributed by atoms with Crippen LogP contribution in [0.4, 0.5) is 0 Å². The Bertz CT molecular complexity index is 1540. The van der Waals surface area contributed by atoms with Gasteiger partial charge in [0.05, 0.1) is 33.8 Å². The summed E-state index contributed by atoms with van der Waals surface area (Å²) in [5.74, 6) is 1.70. The standard InChI is InChI=1S/C27H23Br2Cl2N3O3/c1-3-5-26-33-23-9-7-18(28)12-19(23)27(35)34(26)32-14-17-11-24(36-4-2)25(13-20(17)29)37-15-16-6-8-21(30)22(31)10-16/h6-14H,3-5,15H2,1-2H3. The normalized spacial score (nSPS) is 11.4. The molecule has 0 saturated heterocycles. The van der Waals surface area contributed by atoms with Gasteiger partial charge < -0.3 is 9.47 Å². The summed E-state index contributed by atoms with van der Waals surface area (Å²) < 4.78 is 14.8. The molecule has 0 aliphatic rings. The lowest BCUT2D eigenvalue weighted by Gasteiger charge is -2.14. The number of hydrogen-bond donors (Lipinski definition) is 0. The van der Waals surface area contributed by atoms with Crippen LogP contribution in [0, 0.1) is 0 Å². The number of benzene rings is 3. The van der Waals surface area contributed by atoms with Crippen molar-refractivity contribution in [2.24, 2.45) is 5.10 Å². The van der Waals surface area contributed by atoms with Gasteiger partial charge in [-0.3, -0.25) is 4.79 Å². The second-order valence-electron chi connectivity index (χ2n) is 8.09. The third kappa shape index (κ3) is 6.55. The van der Waals surface area contributed by atoms with Crippen molar-refractivity contribution in [3.05, 3.63) is 94.8 Å². The zero-order chi connectivity index (χ0) is 26.5. The van der Waals surface area contributed by atoms with Crippen LogP contribution in [0.2, 0.25) is 10.0 Å². The average molecular weight is 668 g/mol. The first-order valence-corrected chi connectivity index (χ1v) is 13.9. The van der Waals surface area contributed by atoms with Gasteiger partial charge in [-0.1, -0.05) is 52.1 Å². The Morgan fingerprint density at radius 1 is 1.00 bits per heavy atom. The minimum absolute atomic E-state index is 0.228. The fourth-order valence-electron chi connectivity index (χ4n) is 3.64. The van der Waals surface area contributed by atoms with Gasteiger partial charge in [-0.15, -0.1) is 0 Å². The second-order valence-corrected chi connectivity index (χ2v) is 10.7. The van der Waals surface area contributed by atoms with Gasteiger partial charge in [0.15, 0.2) is 11.5 Å². The highest BCUT2D eigenvalue weighted by molar-refractivity contribution is 9.10. The average Bonchev–Trinajstić information content (AvgIpc) is 2.87. The van der Waals surface area contributed by atoms with E-state index in [1.54, 1.807) is 24.4 Å². The monoisotopic (exact) mass is 665 g/mol. The van der Waals surface area contributed by atoms with Crippen LogP contribution in [0.5, 0.6) is 11.5 Å². The van der Waals surface area contributed by atoms with Gasteiger partial charge in [0.1, 0.15) is 12.4 Å². The molecule has 0 radical (unpaired) electrons. The molecule has 0 fully saturated rings. The first kappa shape index (κ1) is 27.6. The zero-order valence-corrected chi connectivity index (χ0v) is 24.8. The van der Waals surface area contributed by atoms with Gasteiger partial charge in [0.2, 0.25) is 0 Å². The van der Waals surface area contributed by atoms with Crippen molar-refractivity contribution >= 4 is 72.2 Å². The molecule has 0 N–H and O–H groups in total. The molecule has 0 unspecified atom stereocenters. The molecular formula is C27H23Br2Cl2N3O3. The molecule has 0 bridgehead atoms. The fraction of sp³-hybridized carbons (Fsp3) is 0.222. The Hall–Kier alpha value is -2.39. The molecule has 0 aliphatic heterocycles. The summed E-state index contributed by atoms with van der Waals surface area (Å²) in [4.78, 5) is 18.0. The predicted molar refractivity (Wildman–Crippen MR) is 157 cm³/mol. The molecule has 0 aliphatic carbocycles. The number of hydrogen-bond acceptors (Lipinski definition) is 5. The zero-order valence-electron chi connectivity index (χ0n) is 20.1. The van der Waals surface area contributed by atoms with Crippen molar-refractivity contribution in [3.63, 3.8) is 0 Å². The first-order chi connectivity index (χ1) is 17.8. The topological polar surface area (TPSA) is 65.7 Å². The Kier molecular flexibility index (Phi) is 9.29. The number of aryl methyl sites for hydroxylation is 1. The van der Waals surface area contributed by atoms with Crippen molar-refractivity contribution in [1.29, 1.82) is 0 Å². The predicted octanol–water partition coefficient (Wildman–Crippen LogP) is 8.04. The van der Waals surface area contributed by atoms with Gasteiger partial charge >= 0.3 is 0 Å². The highest BCUT2D eigenvalue weighted by atomic mass is 79.9. The third-order valence-corrected chi connectivity index (χ3v) is 7.32. The lowest BCUT2D eigenvalue weighted by molar-refractivity contribution is 0.269. The summed E-state index contributed by atoms with van der Waals surface area (Å²) in [6.45, 7) is 4.66. The van der Waals surface area contributed by atoms with Gasteiger partial charge in [0, 0.05) is 20.9 Å². The van der Waals surface area contributed by atoms with Crippen LogP contribution in [-0.2, 0) is 13.0 Å². The lowest BCUT2D eigenvalue weighted by Crippen LogP contribution is -2.22. The number of ether oxygens (including phenoxy) is 2. The maximum atomic E-state index is 13.3. The van der Waals surface area contributed by atoms with E-state index < -0.39 is 0 Å². The van der Waals surface area contributed by atoms with Crippen molar-refractivity contribution in [2.45, 2.75) is 33.3 Å². The number of fused-ring (bicyclic) bond motifs is 1. The summed E-state index contributed by atoms with van der Waals surface area (Å²) in [5, 5.41) is 5.97. The maximum absolute atomic E-state index is 13.3. The lowest BCUT2D eigenvalue weighted by atomic mass is 10.2. The molecule has 10 heteroatoms. The molecule has 37 heavy (non-hydrogen) atoms. The Labute approximate surface area is 241 Å². The van der Waals surface area contributed by atoms with E-state index in [9.17, 15) is 4.79 Å². The third-order valence-electron chi connectivity index (χ3n) is 5.40. The van der Waals surface area contributed by atoms with Crippen LogP contribution in [0.25, 0.3) is 10.9 Å². The van der Waals surface area contributed by atoms with E-state index in [0.717, 1.165) is 20.9 Å². The molecular weight excluding hydrogens is 645 g/mol. The molecule has 0 atom stereocenters. The second kappa shape index (κ2) is 12.4. The van der Waals surface area contributed by atoms with E-state index in [1.807, 2.05) is 44.2 Å². The molecule has 0 saturated carbocycles. The van der Waals surface area contributed by atoms with Gasteiger partial charge in [0.25, 0.3) is 5.56 Å². The van der Waals surface area contributed by atoms with E-state index in [4.69, 9.17) is 32.7 Å². The highest BCUT2D eigenvalue weighted by Gasteiger charge is 2.13. The molecule has 192 valence electrons. The minimum Gasteiger partial charge on any atom is -0.490 e. The molecule has 6 nitrogen and oxygen atoms in total. The largest absolute Gasteiger partial charge is 0.490 e. The summed E-state index contributed by atoms with van der Waals surface area (Å²) in [6, 6.07) is 14.4. The molecule has 0 spiro atoms. The van der Waals surface area contributed by atoms with Crippen LogP contribution in [0.1, 0.15) is 37.2 Å². The number of halogens is 4. The Balaban J connectivity index is 1.68. The molecule has 0 amide bonds. The summed E-state index contributed by atoms with van der Waals surface area (Å²) >= 11 is 19.2. The van der Waals surface area contributed by atoms with Gasteiger partial charge in [-0.25, -0.2) is 4.98 Å². The summed E-state index contributed by atoms with van der Waals surface area (Å²) in [5.41, 5.74) is 2.01. The number of nitrogens with zero attached hydrogens (tertiary/aromatic N) is 3. The minimum atomic E-state index is -0.228. The summed E-state index contributed by atoms with van der Waals surface area (Å²) in [7, 11) is 0. The molecule has 1 aromatic heterocycles. The van der Waals surface area contributed by atoms with Crippen molar-refractivity contribution < 1.29 is 9.47 Å². The molecule has 3 aromatic carbocycles. The maximum Gasteiger partial charge on any atom is 0.282 e. The number of aromatic nitrogens is 2. The Morgan fingerprint density at radius 2 is 1.78 bits per heavy atom. The SMILES string of the molecule is CCCc1nc2ccc(Br)cc2c(=O)n1N=Cc1cc(OCC)c(OCc2ccc(Cl)c(Cl)c2)cc1Br. The summed E-state index contributed by atoms with van der Waals surface area (Å²) in [6.07, 6.45) is 3.06. The van der Waals surface area contributed by atoms with Crippen LogP contribution >= 0.6 is 55.1 Å². The smallest absolute Gasteiger partial charge is 0.282 e. The van der Waals surface area contributed by atoms with Crippen molar-refractivity contribution in [2.75, 3.05) is 6.61 Å². The first-order valence-electron chi connectivity index (χ1n) is 11.6. The highest BCUT2D eigenvalue weighted by Crippen LogP contribution is 2.34. The van der Waals surface area contributed by atoms with Crippen molar-refractivity contribution in [1.82, 2.24) is 9.66 Å². The molecule has 4 aromatic rings. The van der Waals surface area contributed by atoms with Gasteiger partial charge in [-0.2, -0.15) is 9.78 Å². The van der Waals surface area contributed by atoms with Crippen LogP contribution in [0.15, 0.2) is 67.4 Å². The van der Waals surface area contributed by atoms with E-state index in [0.29, 0.717) is 56.9 Å². The van der Waals surface area contributed by atoms with Crippen molar-refractivity contribution in [3.8, 4) is 11.5 Å². The quantitative estimate of drug-likeness (QED) is 0.170. The van der Waals surface area contributed by atoms with Crippen LogP contribution < -0.4 is 15.0 Å². The van der Waals surface area contributed by atoms with E-state index in [-0.39, 0.29) is 12.2 Å². The van der Waals surface area contributed by atoms with E-state index >= 15 is 0 Å². The number of rotatable bonds is 9. The van der Waals surface area contributed by atoms with E-state index in [1.165, 1.54) is 4.68 Å². The fourth-order valence-corrected chi connectivity index (χ4v) is 4.75. The molecule has 1 heterocycles. The van der Waals surface area contributed by atoms with E-state index in [2.05, 4.69) is 41.9 Å².